The van der Waals surface area contributed by atoms with Gasteiger partial charge in [-0.2, -0.15) is 4.98 Å². The molecule has 0 unspecified atom stereocenters. The number of nitrogens with zero attached hydrogens (tertiary/aromatic N) is 2. The van der Waals surface area contributed by atoms with Crippen LogP contribution in [0.15, 0.2) is 27.6 Å². The Hall–Kier alpha value is -2.23. The van der Waals surface area contributed by atoms with Gasteiger partial charge in [0.25, 0.3) is 5.89 Å². The summed E-state index contributed by atoms with van der Waals surface area (Å²) in [7, 11) is -3.93. The van der Waals surface area contributed by atoms with E-state index >= 15 is 0 Å². The van der Waals surface area contributed by atoms with Crippen molar-refractivity contribution in [2.75, 3.05) is 0 Å². The first-order chi connectivity index (χ1) is 12.2. The smallest absolute Gasteiger partial charge is 0.261 e. The van der Waals surface area contributed by atoms with Gasteiger partial charge in [0, 0.05) is 23.0 Å². The lowest BCUT2D eigenvalue weighted by Gasteiger charge is -2.09. The molecule has 26 heavy (non-hydrogen) atoms. The van der Waals surface area contributed by atoms with E-state index in [2.05, 4.69) is 19.8 Å². The monoisotopic (exact) mass is 398 g/mol. The van der Waals surface area contributed by atoms with Gasteiger partial charge in [-0.05, 0) is 38.5 Å². The molecule has 0 amide bonds. The van der Waals surface area contributed by atoms with E-state index in [0.717, 1.165) is 6.07 Å². The van der Waals surface area contributed by atoms with Crippen LogP contribution in [-0.4, -0.2) is 23.5 Å². The van der Waals surface area contributed by atoms with Crippen molar-refractivity contribution in [1.29, 1.82) is 0 Å². The van der Waals surface area contributed by atoms with Gasteiger partial charge in [-0.3, -0.25) is 0 Å². The van der Waals surface area contributed by atoms with E-state index in [-0.39, 0.29) is 22.4 Å². The van der Waals surface area contributed by atoms with Crippen LogP contribution in [-0.2, 0) is 16.6 Å². The van der Waals surface area contributed by atoms with Crippen LogP contribution in [0.4, 0.5) is 4.39 Å². The molecule has 0 fully saturated rings. The number of nitrogens with one attached hydrogen (secondary N) is 2. The Morgan fingerprint density at radius 2 is 2.00 bits per heavy atom. The number of aromatic amines is 1. The van der Waals surface area contributed by atoms with Crippen LogP contribution >= 0.6 is 11.6 Å². The number of hydrogen-bond donors (Lipinski definition) is 2. The molecule has 0 bridgehead atoms. The summed E-state index contributed by atoms with van der Waals surface area (Å²) in [6, 6.07) is 3.77. The number of aryl methyl sites for hydroxylation is 3. The fourth-order valence-electron chi connectivity index (χ4n) is 2.66. The molecule has 3 aromatic rings. The van der Waals surface area contributed by atoms with Crippen molar-refractivity contribution in [3.05, 3.63) is 51.8 Å². The molecule has 0 saturated heterocycles. The first kappa shape index (κ1) is 18.6. The van der Waals surface area contributed by atoms with E-state index in [1.807, 2.05) is 0 Å². The number of benzene rings is 1. The van der Waals surface area contributed by atoms with Crippen molar-refractivity contribution >= 4 is 21.6 Å². The highest BCUT2D eigenvalue weighted by Crippen LogP contribution is 2.32. The summed E-state index contributed by atoms with van der Waals surface area (Å²) in [5, 5.41) is 3.85. The molecule has 10 heteroatoms. The summed E-state index contributed by atoms with van der Waals surface area (Å²) in [4.78, 5) is 7.13. The van der Waals surface area contributed by atoms with Gasteiger partial charge in [-0.15, -0.1) is 0 Å². The summed E-state index contributed by atoms with van der Waals surface area (Å²) in [6.45, 7) is 4.91. The minimum Gasteiger partial charge on any atom is -0.361 e. The third-order valence-corrected chi connectivity index (χ3v) is 5.72. The third-order valence-electron chi connectivity index (χ3n) is 3.80. The van der Waals surface area contributed by atoms with Gasteiger partial charge in [-0.25, -0.2) is 17.5 Å². The molecule has 2 aromatic heterocycles. The van der Waals surface area contributed by atoms with Crippen LogP contribution in [0.25, 0.3) is 11.5 Å². The van der Waals surface area contributed by atoms with Crippen LogP contribution in [0.5, 0.6) is 0 Å². The Morgan fingerprint density at radius 3 is 2.62 bits per heavy atom. The molecule has 0 aliphatic rings. The summed E-state index contributed by atoms with van der Waals surface area (Å²) >= 11 is 5.96. The standard InChI is InChI=1S/C16H16ClFN4O3S/c1-8-14(16-21-10(3)22-25-16)15(9(2)20-8)26(23,24)19-7-11-4-5-12(18)6-13(11)17/h4-6,19-20H,7H2,1-3H3. The quantitative estimate of drug-likeness (QED) is 0.687. The number of sulfonamides is 1. The maximum absolute atomic E-state index is 13.1. The Labute approximate surface area is 154 Å². The molecule has 1 aromatic carbocycles. The molecule has 0 radical (unpaired) electrons. The maximum atomic E-state index is 13.1. The zero-order chi connectivity index (χ0) is 19.1. The fraction of sp³-hybridized carbons (Fsp3) is 0.250. The summed E-state index contributed by atoms with van der Waals surface area (Å²) in [6.07, 6.45) is 0. The molecule has 0 spiro atoms. The van der Waals surface area contributed by atoms with E-state index in [9.17, 15) is 12.8 Å². The molecule has 138 valence electrons. The number of halogens is 2. The molecule has 2 N–H and O–H groups in total. The predicted molar refractivity (Wildman–Crippen MR) is 93.7 cm³/mol. The lowest BCUT2D eigenvalue weighted by molar-refractivity contribution is 0.424. The van der Waals surface area contributed by atoms with Crippen LogP contribution in [0, 0.1) is 26.6 Å². The SMILES string of the molecule is Cc1noc(-c2c(C)[nH]c(C)c2S(=O)(=O)NCc2ccc(F)cc2Cl)n1. The molecule has 7 nitrogen and oxygen atoms in total. The third kappa shape index (κ3) is 3.50. The molecule has 0 aliphatic heterocycles. The van der Waals surface area contributed by atoms with E-state index in [1.54, 1.807) is 20.8 Å². The van der Waals surface area contributed by atoms with Crippen molar-refractivity contribution in [2.24, 2.45) is 0 Å². The van der Waals surface area contributed by atoms with Crippen molar-refractivity contribution in [3.63, 3.8) is 0 Å². The van der Waals surface area contributed by atoms with Crippen LogP contribution < -0.4 is 4.72 Å². The van der Waals surface area contributed by atoms with Gasteiger partial charge in [0.2, 0.25) is 10.0 Å². The Balaban J connectivity index is 1.97. The van der Waals surface area contributed by atoms with Crippen LogP contribution in [0.2, 0.25) is 5.02 Å². The van der Waals surface area contributed by atoms with Gasteiger partial charge in [0.05, 0.1) is 5.56 Å². The normalized spacial score (nSPS) is 11.9. The minimum absolute atomic E-state index is 0.0249. The Kier molecular flexibility index (Phi) is 4.87. The van der Waals surface area contributed by atoms with Gasteiger partial charge in [0.1, 0.15) is 10.7 Å². The summed E-state index contributed by atoms with van der Waals surface area (Å²) in [5.41, 5.74) is 1.80. The average Bonchev–Trinajstić information content (AvgIpc) is 3.09. The predicted octanol–water partition coefficient (Wildman–Crippen LogP) is 3.26. The summed E-state index contributed by atoms with van der Waals surface area (Å²) in [5.74, 6) is 0.0185. The topological polar surface area (TPSA) is 101 Å². The molecular formula is C16H16ClFN4O3S. The molecule has 3 rings (SSSR count). The van der Waals surface area contributed by atoms with E-state index in [1.165, 1.54) is 12.1 Å². The highest BCUT2D eigenvalue weighted by atomic mass is 35.5. The number of H-pyrrole nitrogens is 1. The average molecular weight is 399 g/mol. The van der Waals surface area contributed by atoms with Crippen LogP contribution in [0.1, 0.15) is 22.8 Å². The Morgan fingerprint density at radius 1 is 1.27 bits per heavy atom. The molecule has 0 saturated carbocycles. The highest BCUT2D eigenvalue weighted by molar-refractivity contribution is 7.89. The van der Waals surface area contributed by atoms with Crippen molar-refractivity contribution in [1.82, 2.24) is 19.8 Å². The zero-order valence-corrected chi connectivity index (χ0v) is 15.8. The van der Waals surface area contributed by atoms with Gasteiger partial charge in [0.15, 0.2) is 5.82 Å². The number of hydrogen-bond acceptors (Lipinski definition) is 5. The largest absolute Gasteiger partial charge is 0.361 e. The van der Waals surface area contributed by atoms with Crippen LogP contribution in [0.3, 0.4) is 0 Å². The van der Waals surface area contributed by atoms with Crippen molar-refractivity contribution < 1.29 is 17.3 Å². The number of aromatic nitrogens is 3. The first-order valence-electron chi connectivity index (χ1n) is 7.62. The van der Waals surface area contributed by atoms with Crippen molar-refractivity contribution in [2.45, 2.75) is 32.2 Å². The molecular weight excluding hydrogens is 383 g/mol. The molecule has 2 heterocycles. The second-order valence-corrected chi connectivity index (χ2v) is 7.90. The van der Waals surface area contributed by atoms with Gasteiger partial charge < -0.3 is 9.51 Å². The van der Waals surface area contributed by atoms with Gasteiger partial charge >= 0.3 is 0 Å². The maximum Gasteiger partial charge on any atom is 0.261 e. The van der Waals surface area contributed by atoms with Gasteiger partial charge in [-0.1, -0.05) is 22.8 Å². The van der Waals surface area contributed by atoms with E-state index < -0.39 is 15.8 Å². The second-order valence-electron chi connectivity index (χ2n) is 5.79. The molecule has 0 aliphatic carbocycles. The molecule has 0 atom stereocenters. The van der Waals surface area contributed by atoms with E-state index in [4.69, 9.17) is 16.1 Å². The Bertz CT molecular complexity index is 1080. The first-order valence-corrected chi connectivity index (χ1v) is 9.48. The van der Waals surface area contributed by atoms with E-state index in [0.29, 0.717) is 28.3 Å². The lowest BCUT2D eigenvalue weighted by Crippen LogP contribution is -2.24. The second kappa shape index (κ2) is 6.82. The van der Waals surface area contributed by atoms with Crippen molar-refractivity contribution in [3.8, 4) is 11.5 Å². The number of rotatable bonds is 5. The zero-order valence-electron chi connectivity index (χ0n) is 14.2. The fourth-order valence-corrected chi connectivity index (χ4v) is 4.35. The summed E-state index contributed by atoms with van der Waals surface area (Å²) < 4.78 is 46.5. The lowest BCUT2D eigenvalue weighted by atomic mass is 10.2. The highest BCUT2D eigenvalue weighted by Gasteiger charge is 2.28. The minimum atomic E-state index is -3.93.